The smallest absolute Gasteiger partial charge is 0.258 e. The van der Waals surface area contributed by atoms with Crippen LogP contribution in [0.4, 0.5) is 5.69 Å². The molecule has 1 fully saturated rings. The lowest BCUT2D eigenvalue weighted by Crippen LogP contribution is -2.36. The van der Waals surface area contributed by atoms with Gasteiger partial charge in [0.25, 0.3) is 5.91 Å². The summed E-state index contributed by atoms with van der Waals surface area (Å²) in [5, 5.41) is 5.45. The van der Waals surface area contributed by atoms with Crippen LogP contribution in [0, 0.1) is 0 Å². The van der Waals surface area contributed by atoms with Crippen molar-refractivity contribution in [3.8, 4) is 5.75 Å². The zero-order valence-electron chi connectivity index (χ0n) is 15.8. The summed E-state index contributed by atoms with van der Waals surface area (Å²) in [4.78, 5) is 24.2. The first-order valence-electron chi connectivity index (χ1n) is 9.26. The molecule has 5 nitrogen and oxygen atoms in total. The average Bonchev–Trinajstić information content (AvgIpc) is 3.26. The normalized spacial score (nSPS) is 13.9. The number of carbonyl (C=O) groups is 2. The second-order valence-electron chi connectivity index (χ2n) is 6.24. The molecule has 0 spiro atoms. The predicted octanol–water partition coefficient (Wildman–Crippen LogP) is 3.86. The van der Waals surface area contributed by atoms with E-state index in [1.807, 2.05) is 79.0 Å². The first kappa shape index (κ1) is 20.6. The number of ether oxygens (including phenoxy) is 1. The van der Waals surface area contributed by atoms with Crippen LogP contribution in [0.2, 0.25) is 0 Å². The molecule has 148 valence electrons. The molecule has 2 aromatic rings. The Balaban J connectivity index is 1.47. The molecule has 0 aliphatic carbocycles. The van der Waals surface area contributed by atoms with Crippen molar-refractivity contribution in [1.82, 2.24) is 5.32 Å². The lowest BCUT2D eigenvalue weighted by Gasteiger charge is -2.15. The number of thioether (sulfide) groups is 2. The Bertz CT molecular complexity index is 823. The second kappa shape index (κ2) is 10.4. The molecule has 2 N–H and O–H groups in total. The zero-order chi connectivity index (χ0) is 19.8. The third kappa shape index (κ3) is 5.69. The van der Waals surface area contributed by atoms with Gasteiger partial charge < -0.3 is 15.4 Å². The Morgan fingerprint density at radius 2 is 1.75 bits per heavy atom. The highest BCUT2D eigenvalue weighted by molar-refractivity contribution is 8.19. The number of anilines is 1. The van der Waals surface area contributed by atoms with Gasteiger partial charge in [-0.15, -0.1) is 23.5 Å². The lowest BCUT2D eigenvalue weighted by atomic mass is 10.1. The van der Waals surface area contributed by atoms with Crippen LogP contribution in [0.15, 0.2) is 48.5 Å². The van der Waals surface area contributed by atoms with E-state index in [-0.39, 0.29) is 25.0 Å². The molecule has 0 aromatic heterocycles. The van der Waals surface area contributed by atoms with Crippen molar-refractivity contribution < 1.29 is 14.3 Å². The number of hydrogen-bond donors (Lipinski definition) is 2. The van der Waals surface area contributed by atoms with E-state index in [0.29, 0.717) is 4.58 Å². The second-order valence-corrected chi connectivity index (χ2v) is 8.96. The molecule has 1 aliphatic rings. The van der Waals surface area contributed by atoms with Gasteiger partial charge in [-0.3, -0.25) is 9.59 Å². The summed E-state index contributed by atoms with van der Waals surface area (Å²) in [5.41, 5.74) is 2.95. The van der Waals surface area contributed by atoms with Crippen LogP contribution in [-0.4, -0.2) is 36.5 Å². The van der Waals surface area contributed by atoms with E-state index in [9.17, 15) is 9.59 Å². The van der Waals surface area contributed by atoms with Gasteiger partial charge in [-0.1, -0.05) is 43.3 Å². The summed E-state index contributed by atoms with van der Waals surface area (Å²) in [7, 11) is 0. The van der Waals surface area contributed by atoms with Crippen LogP contribution >= 0.6 is 23.5 Å². The van der Waals surface area contributed by atoms with Gasteiger partial charge in [0.15, 0.2) is 6.61 Å². The molecule has 7 heteroatoms. The lowest BCUT2D eigenvalue weighted by molar-refractivity contribution is -0.125. The first-order chi connectivity index (χ1) is 13.7. The maximum atomic E-state index is 12.1. The molecular weight excluding hydrogens is 392 g/mol. The van der Waals surface area contributed by atoms with Gasteiger partial charge in [0.2, 0.25) is 5.91 Å². The van der Waals surface area contributed by atoms with E-state index in [2.05, 4.69) is 10.6 Å². The molecule has 0 radical (unpaired) electrons. The Morgan fingerprint density at radius 1 is 1.04 bits per heavy atom. The highest BCUT2D eigenvalue weighted by Gasteiger charge is 2.21. The number of hydrogen-bond acceptors (Lipinski definition) is 5. The van der Waals surface area contributed by atoms with Crippen molar-refractivity contribution in [1.29, 1.82) is 0 Å². The molecule has 2 amide bonds. The SMILES string of the molecule is CCc1ccccc1NC(=O)CNC(=O)COc1ccccc1C1SCCS1. The van der Waals surface area contributed by atoms with Gasteiger partial charge in [0, 0.05) is 22.8 Å². The van der Waals surface area contributed by atoms with Crippen LogP contribution in [0.3, 0.4) is 0 Å². The van der Waals surface area contributed by atoms with E-state index in [0.717, 1.165) is 40.5 Å². The Morgan fingerprint density at radius 3 is 2.54 bits per heavy atom. The van der Waals surface area contributed by atoms with Crippen molar-refractivity contribution in [2.24, 2.45) is 0 Å². The quantitative estimate of drug-likeness (QED) is 0.684. The molecule has 1 saturated heterocycles. The first-order valence-corrected chi connectivity index (χ1v) is 11.4. The molecule has 0 saturated carbocycles. The van der Waals surface area contributed by atoms with Crippen molar-refractivity contribution in [2.75, 3.05) is 30.0 Å². The number of benzene rings is 2. The summed E-state index contributed by atoms with van der Waals surface area (Å²) < 4.78 is 6.08. The minimum atomic E-state index is -0.319. The van der Waals surface area contributed by atoms with E-state index >= 15 is 0 Å². The molecule has 3 rings (SSSR count). The highest BCUT2D eigenvalue weighted by atomic mass is 32.2. The Labute approximate surface area is 174 Å². The van der Waals surface area contributed by atoms with Gasteiger partial charge in [-0.25, -0.2) is 0 Å². The third-order valence-electron chi connectivity index (χ3n) is 4.27. The summed E-state index contributed by atoms with van der Waals surface area (Å²) in [6.07, 6.45) is 0.827. The van der Waals surface area contributed by atoms with Crippen LogP contribution in [0.1, 0.15) is 22.6 Å². The van der Waals surface area contributed by atoms with E-state index in [1.165, 1.54) is 0 Å². The van der Waals surface area contributed by atoms with Gasteiger partial charge >= 0.3 is 0 Å². The summed E-state index contributed by atoms with van der Waals surface area (Å²) >= 11 is 3.78. The minimum absolute atomic E-state index is 0.0871. The largest absolute Gasteiger partial charge is 0.483 e. The van der Waals surface area contributed by atoms with Crippen molar-refractivity contribution in [3.63, 3.8) is 0 Å². The molecule has 1 heterocycles. The highest BCUT2D eigenvalue weighted by Crippen LogP contribution is 2.48. The fraction of sp³-hybridized carbons (Fsp3) is 0.333. The molecule has 28 heavy (non-hydrogen) atoms. The van der Waals surface area contributed by atoms with E-state index < -0.39 is 0 Å². The molecule has 2 aromatic carbocycles. The van der Waals surface area contributed by atoms with Crippen LogP contribution in [-0.2, 0) is 16.0 Å². The fourth-order valence-electron chi connectivity index (χ4n) is 2.86. The monoisotopic (exact) mass is 416 g/mol. The zero-order valence-corrected chi connectivity index (χ0v) is 17.4. The fourth-order valence-corrected chi connectivity index (χ4v) is 5.77. The van der Waals surface area contributed by atoms with Gasteiger partial charge in [-0.05, 0) is 24.1 Å². The number of rotatable bonds is 8. The average molecular weight is 417 g/mol. The van der Waals surface area contributed by atoms with Gasteiger partial charge in [-0.2, -0.15) is 0 Å². The molecule has 0 unspecified atom stereocenters. The Kier molecular flexibility index (Phi) is 7.68. The van der Waals surface area contributed by atoms with E-state index in [4.69, 9.17) is 4.74 Å². The van der Waals surface area contributed by atoms with Gasteiger partial charge in [0.05, 0.1) is 11.1 Å². The summed E-state index contributed by atoms with van der Waals surface area (Å²) in [6, 6.07) is 15.5. The van der Waals surface area contributed by atoms with Crippen molar-refractivity contribution in [2.45, 2.75) is 17.9 Å². The van der Waals surface area contributed by atoms with Crippen LogP contribution in [0.5, 0.6) is 5.75 Å². The van der Waals surface area contributed by atoms with Crippen LogP contribution < -0.4 is 15.4 Å². The third-order valence-corrected chi connectivity index (χ3v) is 7.34. The number of para-hydroxylation sites is 2. The maximum Gasteiger partial charge on any atom is 0.258 e. The minimum Gasteiger partial charge on any atom is -0.483 e. The number of aryl methyl sites for hydroxylation is 1. The maximum absolute atomic E-state index is 12.1. The molecule has 1 aliphatic heterocycles. The van der Waals surface area contributed by atoms with Crippen molar-refractivity contribution >= 4 is 41.0 Å². The van der Waals surface area contributed by atoms with E-state index in [1.54, 1.807) is 0 Å². The standard InChI is InChI=1S/C21H24N2O3S2/c1-2-15-7-3-5-9-17(15)23-19(24)13-22-20(25)14-26-18-10-6-4-8-16(18)21-27-11-12-28-21/h3-10,21H,2,11-14H2,1H3,(H,22,25)(H,23,24). The van der Waals surface area contributed by atoms with Gasteiger partial charge in [0.1, 0.15) is 5.75 Å². The van der Waals surface area contributed by atoms with Crippen molar-refractivity contribution in [3.05, 3.63) is 59.7 Å². The molecule has 0 atom stereocenters. The number of carbonyl (C=O) groups excluding carboxylic acids is 2. The number of amides is 2. The molecular formula is C21H24N2O3S2. The summed E-state index contributed by atoms with van der Waals surface area (Å²) in [5.74, 6) is 2.40. The summed E-state index contributed by atoms with van der Waals surface area (Å²) in [6.45, 7) is 1.83. The Hall–Kier alpha value is -2.12. The predicted molar refractivity (Wildman–Crippen MR) is 117 cm³/mol. The topological polar surface area (TPSA) is 67.4 Å². The number of nitrogens with one attached hydrogen (secondary N) is 2. The van der Waals surface area contributed by atoms with Crippen LogP contribution in [0.25, 0.3) is 0 Å². The molecule has 0 bridgehead atoms.